The third-order valence-electron chi connectivity index (χ3n) is 5.05. The fourth-order valence-electron chi connectivity index (χ4n) is 3.69. The zero-order chi connectivity index (χ0) is 15.5. The molecule has 21 heavy (non-hydrogen) atoms. The first-order chi connectivity index (χ1) is 9.94. The molecule has 1 saturated heterocycles. The molecule has 0 radical (unpaired) electrons. The van der Waals surface area contributed by atoms with Crippen molar-refractivity contribution in [2.24, 2.45) is 11.8 Å². The van der Waals surface area contributed by atoms with E-state index in [4.69, 9.17) is 0 Å². The molecular weight excluding hydrogens is 290 g/mol. The summed E-state index contributed by atoms with van der Waals surface area (Å²) in [7, 11) is -3.46. The first kappa shape index (κ1) is 16.7. The molecular formula is C15H27NO4S. The summed E-state index contributed by atoms with van der Waals surface area (Å²) in [6.45, 7) is 2.40. The first-order valence-corrected chi connectivity index (χ1v) is 9.77. The lowest BCUT2D eigenvalue weighted by molar-refractivity contribution is -0.143. The molecule has 2 unspecified atom stereocenters. The number of carboxylic acid groups (broad SMARTS) is 1. The van der Waals surface area contributed by atoms with Crippen LogP contribution in [0.15, 0.2) is 0 Å². The molecule has 2 fully saturated rings. The van der Waals surface area contributed by atoms with E-state index >= 15 is 0 Å². The van der Waals surface area contributed by atoms with Crippen LogP contribution in [0.4, 0.5) is 0 Å². The topological polar surface area (TPSA) is 74.7 Å². The van der Waals surface area contributed by atoms with Crippen LogP contribution in [0.3, 0.4) is 0 Å². The minimum absolute atomic E-state index is 0.133. The lowest BCUT2D eigenvalue weighted by Gasteiger charge is -2.37. The number of carboxylic acids is 1. The van der Waals surface area contributed by atoms with E-state index in [9.17, 15) is 18.3 Å². The molecule has 1 heterocycles. The minimum atomic E-state index is -3.46. The van der Waals surface area contributed by atoms with Crippen molar-refractivity contribution in [2.45, 2.75) is 64.3 Å². The van der Waals surface area contributed by atoms with E-state index in [1.807, 2.05) is 6.92 Å². The van der Waals surface area contributed by atoms with Gasteiger partial charge in [-0.1, -0.05) is 32.6 Å². The highest BCUT2D eigenvalue weighted by molar-refractivity contribution is 7.89. The van der Waals surface area contributed by atoms with Crippen molar-refractivity contribution in [1.82, 2.24) is 4.31 Å². The molecule has 1 aliphatic heterocycles. The third kappa shape index (κ3) is 4.19. The van der Waals surface area contributed by atoms with Crippen molar-refractivity contribution in [3.8, 4) is 0 Å². The molecule has 5 nitrogen and oxygen atoms in total. The van der Waals surface area contributed by atoms with E-state index in [2.05, 4.69) is 0 Å². The predicted octanol–water partition coefficient (Wildman–Crippen LogP) is 2.47. The lowest BCUT2D eigenvalue weighted by atomic mass is 9.90. The molecule has 2 aliphatic rings. The fourth-order valence-corrected chi connectivity index (χ4v) is 5.76. The van der Waals surface area contributed by atoms with E-state index in [1.54, 1.807) is 0 Å². The number of aliphatic carboxylic acids is 1. The molecule has 2 atom stereocenters. The van der Waals surface area contributed by atoms with Gasteiger partial charge in [-0.15, -0.1) is 0 Å². The number of piperidine rings is 1. The summed E-state index contributed by atoms with van der Waals surface area (Å²) in [6, 6.07) is -0.864. The van der Waals surface area contributed by atoms with E-state index < -0.39 is 22.0 Å². The number of hydrogen-bond donors (Lipinski definition) is 1. The number of rotatable bonds is 5. The SMILES string of the molecule is CCC1CCN(S(=O)(=O)CC2CCCCC2)C(C(=O)O)C1. The van der Waals surface area contributed by atoms with Crippen LogP contribution >= 0.6 is 0 Å². The summed E-state index contributed by atoms with van der Waals surface area (Å²) in [5.74, 6) is -0.331. The average Bonchev–Trinajstić information content (AvgIpc) is 2.47. The van der Waals surface area contributed by atoms with Gasteiger partial charge in [-0.3, -0.25) is 4.79 Å². The number of hydrogen-bond acceptors (Lipinski definition) is 3. The molecule has 0 aromatic heterocycles. The maximum atomic E-state index is 12.6. The highest BCUT2D eigenvalue weighted by Gasteiger charge is 2.40. The molecule has 2 rings (SSSR count). The second kappa shape index (κ2) is 7.09. The van der Waals surface area contributed by atoms with Gasteiger partial charge in [0.1, 0.15) is 6.04 Å². The van der Waals surface area contributed by atoms with Gasteiger partial charge in [0, 0.05) is 6.54 Å². The number of nitrogens with zero attached hydrogens (tertiary/aromatic N) is 1. The van der Waals surface area contributed by atoms with Crippen molar-refractivity contribution < 1.29 is 18.3 Å². The van der Waals surface area contributed by atoms with Gasteiger partial charge in [0.05, 0.1) is 5.75 Å². The van der Waals surface area contributed by atoms with Gasteiger partial charge >= 0.3 is 5.97 Å². The lowest BCUT2D eigenvalue weighted by Crippen LogP contribution is -2.51. The highest BCUT2D eigenvalue weighted by Crippen LogP contribution is 2.31. The van der Waals surface area contributed by atoms with Crippen LogP contribution in [0.2, 0.25) is 0 Å². The summed E-state index contributed by atoms with van der Waals surface area (Å²) in [4.78, 5) is 11.5. The summed E-state index contributed by atoms with van der Waals surface area (Å²) >= 11 is 0. The molecule has 6 heteroatoms. The van der Waals surface area contributed by atoms with E-state index in [-0.39, 0.29) is 11.7 Å². The monoisotopic (exact) mass is 317 g/mol. The molecule has 122 valence electrons. The normalized spacial score (nSPS) is 29.4. The Balaban J connectivity index is 2.07. The van der Waals surface area contributed by atoms with Crippen LogP contribution in [0.1, 0.15) is 58.3 Å². The molecule has 1 aliphatic carbocycles. The van der Waals surface area contributed by atoms with E-state index in [0.29, 0.717) is 18.9 Å². The van der Waals surface area contributed by atoms with E-state index in [1.165, 1.54) is 10.7 Å². The van der Waals surface area contributed by atoms with Gasteiger partial charge in [0.2, 0.25) is 10.0 Å². The number of sulfonamides is 1. The van der Waals surface area contributed by atoms with Crippen LogP contribution in [0.25, 0.3) is 0 Å². The Hall–Kier alpha value is -0.620. The minimum Gasteiger partial charge on any atom is -0.480 e. The van der Waals surface area contributed by atoms with Crippen molar-refractivity contribution >= 4 is 16.0 Å². The highest BCUT2D eigenvalue weighted by atomic mass is 32.2. The van der Waals surface area contributed by atoms with Crippen LogP contribution in [0.5, 0.6) is 0 Å². The van der Waals surface area contributed by atoms with E-state index in [0.717, 1.165) is 38.5 Å². The van der Waals surface area contributed by atoms with Crippen LogP contribution < -0.4 is 0 Å². The second-order valence-electron chi connectivity index (χ2n) is 6.55. The average molecular weight is 317 g/mol. The fraction of sp³-hybridized carbons (Fsp3) is 0.933. The van der Waals surface area contributed by atoms with Gasteiger partial charge in [-0.25, -0.2) is 8.42 Å². The van der Waals surface area contributed by atoms with Gasteiger partial charge < -0.3 is 5.11 Å². The van der Waals surface area contributed by atoms with Crippen molar-refractivity contribution in [2.75, 3.05) is 12.3 Å². The summed E-state index contributed by atoms with van der Waals surface area (Å²) in [6.07, 6.45) is 7.46. The van der Waals surface area contributed by atoms with Crippen molar-refractivity contribution in [1.29, 1.82) is 0 Å². The molecule has 0 bridgehead atoms. The quantitative estimate of drug-likeness (QED) is 0.845. The Morgan fingerprint density at radius 3 is 2.38 bits per heavy atom. The standard InChI is InChI=1S/C15H27NO4S/c1-2-12-8-9-16(14(10-12)15(17)18)21(19,20)11-13-6-4-3-5-7-13/h12-14H,2-11H2,1H3,(H,17,18). The summed E-state index contributed by atoms with van der Waals surface area (Å²) in [5, 5.41) is 9.39. The van der Waals surface area contributed by atoms with Crippen LogP contribution in [-0.4, -0.2) is 42.1 Å². The van der Waals surface area contributed by atoms with Crippen LogP contribution in [0, 0.1) is 11.8 Å². The molecule has 1 N–H and O–H groups in total. The molecule has 1 saturated carbocycles. The van der Waals surface area contributed by atoms with Gasteiger partial charge in [0.25, 0.3) is 0 Å². The second-order valence-corrected chi connectivity index (χ2v) is 8.51. The van der Waals surface area contributed by atoms with Gasteiger partial charge in [0.15, 0.2) is 0 Å². The Bertz CT molecular complexity index is 456. The van der Waals surface area contributed by atoms with Crippen molar-refractivity contribution in [3.05, 3.63) is 0 Å². The molecule has 0 amide bonds. The Labute approximate surface area is 127 Å². The number of carbonyl (C=O) groups is 1. The molecule has 0 aromatic carbocycles. The van der Waals surface area contributed by atoms with Gasteiger partial charge in [-0.05, 0) is 37.5 Å². The Morgan fingerprint density at radius 2 is 1.81 bits per heavy atom. The van der Waals surface area contributed by atoms with Gasteiger partial charge in [-0.2, -0.15) is 4.31 Å². The molecule has 0 spiro atoms. The summed E-state index contributed by atoms with van der Waals surface area (Å²) < 4.78 is 26.5. The first-order valence-electron chi connectivity index (χ1n) is 8.16. The largest absolute Gasteiger partial charge is 0.480 e. The summed E-state index contributed by atoms with van der Waals surface area (Å²) in [5.41, 5.74) is 0. The Kier molecular flexibility index (Phi) is 5.66. The van der Waals surface area contributed by atoms with Crippen molar-refractivity contribution in [3.63, 3.8) is 0 Å². The predicted molar refractivity (Wildman–Crippen MR) is 81.5 cm³/mol. The maximum absolute atomic E-state index is 12.6. The smallest absolute Gasteiger partial charge is 0.322 e. The van der Waals surface area contributed by atoms with Crippen LogP contribution in [-0.2, 0) is 14.8 Å². The molecule has 0 aromatic rings. The zero-order valence-electron chi connectivity index (χ0n) is 12.8. The third-order valence-corrected chi connectivity index (χ3v) is 7.10. The Morgan fingerprint density at radius 1 is 1.14 bits per heavy atom. The zero-order valence-corrected chi connectivity index (χ0v) is 13.6. The maximum Gasteiger partial charge on any atom is 0.322 e.